The maximum absolute atomic E-state index is 5.16. The van der Waals surface area contributed by atoms with Crippen LogP contribution in [0.25, 0.3) is 0 Å². The van der Waals surface area contributed by atoms with Crippen molar-refractivity contribution in [3.63, 3.8) is 0 Å². The summed E-state index contributed by atoms with van der Waals surface area (Å²) in [6.45, 7) is 8.06. The fourth-order valence-corrected chi connectivity index (χ4v) is 2.11. The summed E-state index contributed by atoms with van der Waals surface area (Å²) in [6.07, 6.45) is 0. The number of hydrogen-bond acceptors (Lipinski definition) is 2. The molecule has 0 radical (unpaired) electrons. The van der Waals surface area contributed by atoms with Crippen LogP contribution in [0.3, 0.4) is 0 Å². The SMILES string of the molecule is Br.COc1c(C)c[c-]cc1C.COc1c(C)c[c-]cc1C.[Mg+2]. The Balaban J connectivity index is 0. The van der Waals surface area contributed by atoms with Gasteiger partial charge in [0.1, 0.15) is 0 Å². The van der Waals surface area contributed by atoms with Gasteiger partial charge in [-0.15, -0.1) is 39.2 Å². The normalized spacial score (nSPS) is 8.64. The van der Waals surface area contributed by atoms with Crippen molar-refractivity contribution in [2.45, 2.75) is 27.7 Å². The third-order valence-electron chi connectivity index (χ3n) is 3.04. The zero-order chi connectivity index (χ0) is 15.1. The van der Waals surface area contributed by atoms with Crippen molar-refractivity contribution in [3.05, 3.63) is 58.7 Å². The van der Waals surface area contributed by atoms with Crippen molar-refractivity contribution in [3.8, 4) is 11.5 Å². The Morgan fingerprint density at radius 1 is 0.636 bits per heavy atom. The second kappa shape index (κ2) is 11.8. The maximum atomic E-state index is 5.16. The van der Waals surface area contributed by atoms with Crippen LogP contribution < -0.4 is 9.47 Å². The first kappa shape index (κ1) is 23.6. The summed E-state index contributed by atoms with van der Waals surface area (Å²) in [5, 5.41) is 0. The third-order valence-corrected chi connectivity index (χ3v) is 3.04. The van der Waals surface area contributed by atoms with Gasteiger partial charge in [-0.1, -0.05) is 27.7 Å². The van der Waals surface area contributed by atoms with E-state index in [9.17, 15) is 0 Å². The topological polar surface area (TPSA) is 18.5 Å². The van der Waals surface area contributed by atoms with Crippen molar-refractivity contribution in [2.75, 3.05) is 14.2 Å². The summed E-state index contributed by atoms with van der Waals surface area (Å²) >= 11 is 0. The molecule has 0 saturated heterocycles. The molecule has 0 aliphatic carbocycles. The molecule has 0 aliphatic heterocycles. The van der Waals surface area contributed by atoms with E-state index in [1.165, 1.54) is 0 Å². The molecule has 2 aromatic rings. The Bertz CT molecular complexity index is 479. The van der Waals surface area contributed by atoms with E-state index >= 15 is 0 Å². The number of benzene rings is 2. The monoisotopic (exact) mass is 374 g/mol. The molecule has 0 atom stereocenters. The number of aryl methyl sites for hydroxylation is 4. The average molecular weight is 376 g/mol. The molecule has 2 rings (SSSR count). The Hall–Kier alpha value is -0.714. The van der Waals surface area contributed by atoms with Crippen molar-refractivity contribution in [1.29, 1.82) is 0 Å². The molecule has 0 N–H and O–H groups in total. The van der Waals surface area contributed by atoms with Crippen molar-refractivity contribution >= 4 is 40.0 Å². The zero-order valence-corrected chi connectivity index (χ0v) is 17.4. The predicted octanol–water partition coefficient (Wildman–Crippen LogP) is 4.42. The van der Waals surface area contributed by atoms with Gasteiger partial charge in [0.05, 0.1) is 14.2 Å². The van der Waals surface area contributed by atoms with Gasteiger partial charge >= 0.3 is 23.1 Å². The predicted molar refractivity (Wildman–Crippen MR) is 98.7 cm³/mol. The number of hydrogen-bond donors (Lipinski definition) is 0. The van der Waals surface area contributed by atoms with Crippen LogP contribution in [0.2, 0.25) is 0 Å². The van der Waals surface area contributed by atoms with Crippen LogP contribution in [0.15, 0.2) is 24.3 Å². The number of halogens is 1. The molecule has 0 heterocycles. The fraction of sp³-hybridized carbons (Fsp3) is 0.333. The van der Waals surface area contributed by atoms with E-state index in [0.29, 0.717) is 0 Å². The number of rotatable bonds is 2. The second-order valence-electron chi connectivity index (χ2n) is 4.71. The minimum atomic E-state index is 0. The van der Waals surface area contributed by atoms with E-state index in [-0.39, 0.29) is 40.0 Å². The summed E-state index contributed by atoms with van der Waals surface area (Å²) in [6, 6.07) is 13.7. The van der Waals surface area contributed by atoms with E-state index in [4.69, 9.17) is 9.47 Å². The smallest absolute Gasteiger partial charge is 0.522 e. The molecule has 22 heavy (non-hydrogen) atoms. The van der Waals surface area contributed by atoms with Crippen molar-refractivity contribution in [2.24, 2.45) is 0 Å². The van der Waals surface area contributed by atoms with Gasteiger partial charge in [0, 0.05) is 11.5 Å². The number of ether oxygens (including phenoxy) is 2. The Morgan fingerprint density at radius 3 is 1.00 bits per heavy atom. The first-order chi connectivity index (χ1) is 9.51. The van der Waals surface area contributed by atoms with Crippen molar-refractivity contribution in [1.82, 2.24) is 0 Å². The summed E-state index contributed by atoms with van der Waals surface area (Å²) in [5.41, 5.74) is 4.56. The standard InChI is InChI=1S/2C9H11O.BrH.Mg/c2*1-7-5-4-6-8(2)9(7)10-3;;/h2*5-6H,1-3H3;1H;/q2*-1;;+2. The number of methoxy groups -OCH3 is 2. The van der Waals surface area contributed by atoms with Crippen LogP contribution in [0.4, 0.5) is 0 Å². The first-order valence-corrected chi connectivity index (χ1v) is 6.53. The van der Waals surface area contributed by atoms with Crippen LogP contribution in [-0.2, 0) is 0 Å². The molecule has 0 bridgehead atoms. The largest absolute Gasteiger partial charge is 2.00 e. The van der Waals surface area contributed by atoms with Crippen molar-refractivity contribution < 1.29 is 9.47 Å². The Morgan fingerprint density at radius 2 is 0.864 bits per heavy atom. The Labute approximate surface area is 161 Å². The molecule has 0 saturated carbocycles. The van der Waals surface area contributed by atoms with E-state index in [1.54, 1.807) is 14.2 Å². The molecule has 0 fully saturated rings. The molecule has 2 aromatic carbocycles. The van der Waals surface area contributed by atoms with Gasteiger partial charge in [-0.25, -0.2) is 0 Å². The van der Waals surface area contributed by atoms with E-state index < -0.39 is 0 Å². The Kier molecular flexibility index (Phi) is 12.6. The van der Waals surface area contributed by atoms with Crippen LogP contribution >= 0.6 is 17.0 Å². The first-order valence-electron chi connectivity index (χ1n) is 6.53. The fourth-order valence-electron chi connectivity index (χ4n) is 2.11. The van der Waals surface area contributed by atoms with Crippen LogP contribution in [0, 0.1) is 39.8 Å². The molecule has 2 nitrogen and oxygen atoms in total. The molecule has 0 aliphatic rings. The molecular weight excluding hydrogens is 352 g/mol. The molecule has 116 valence electrons. The van der Waals surface area contributed by atoms with E-state index in [1.807, 2.05) is 52.0 Å². The van der Waals surface area contributed by atoms with Crippen LogP contribution in [0.5, 0.6) is 11.5 Å². The van der Waals surface area contributed by atoms with Gasteiger partial charge in [-0.05, 0) is 0 Å². The van der Waals surface area contributed by atoms with E-state index in [2.05, 4.69) is 12.1 Å². The van der Waals surface area contributed by atoms with Gasteiger partial charge in [0.25, 0.3) is 0 Å². The molecule has 0 amide bonds. The van der Waals surface area contributed by atoms with Crippen LogP contribution in [-0.4, -0.2) is 37.3 Å². The molecule has 0 aromatic heterocycles. The quantitative estimate of drug-likeness (QED) is 0.571. The summed E-state index contributed by atoms with van der Waals surface area (Å²) in [4.78, 5) is 0. The zero-order valence-electron chi connectivity index (χ0n) is 14.2. The van der Waals surface area contributed by atoms with E-state index in [0.717, 1.165) is 33.8 Å². The minimum Gasteiger partial charge on any atom is -0.522 e. The second-order valence-corrected chi connectivity index (χ2v) is 4.71. The van der Waals surface area contributed by atoms with Gasteiger partial charge in [-0.2, -0.15) is 36.4 Å². The molecule has 4 heteroatoms. The van der Waals surface area contributed by atoms with Gasteiger partial charge in [-0.3, -0.25) is 0 Å². The summed E-state index contributed by atoms with van der Waals surface area (Å²) in [7, 11) is 3.38. The summed E-state index contributed by atoms with van der Waals surface area (Å²) in [5.74, 6) is 1.94. The minimum absolute atomic E-state index is 0. The average Bonchev–Trinajstić information content (AvgIpc) is 2.40. The van der Waals surface area contributed by atoms with Gasteiger partial charge in [0.15, 0.2) is 0 Å². The van der Waals surface area contributed by atoms with Gasteiger partial charge < -0.3 is 9.47 Å². The third kappa shape index (κ3) is 6.59. The van der Waals surface area contributed by atoms with Crippen LogP contribution in [0.1, 0.15) is 22.3 Å². The molecule has 0 spiro atoms. The summed E-state index contributed by atoms with van der Waals surface area (Å²) < 4.78 is 10.3. The maximum Gasteiger partial charge on any atom is 2.00 e. The van der Waals surface area contributed by atoms with Gasteiger partial charge in [0.2, 0.25) is 0 Å². The molecular formula is C18H23BrMgO2. The molecule has 0 unspecified atom stereocenters.